The van der Waals surface area contributed by atoms with Gasteiger partial charge in [0.1, 0.15) is 0 Å². The second kappa shape index (κ2) is 4.30. The van der Waals surface area contributed by atoms with E-state index in [0.29, 0.717) is 11.3 Å². The Labute approximate surface area is 82.9 Å². The number of rotatable bonds is 3. The lowest BCUT2D eigenvalue weighted by molar-refractivity contribution is 0.164. The average molecular weight is 197 g/mol. The first kappa shape index (κ1) is 10.8. The molecule has 78 valence electrons. The van der Waals surface area contributed by atoms with Crippen molar-refractivity contribution >= 4 is 0 Å². The molecule has 0 saturated carbocycles. The van der Waals surface area contributed by atoms with Gasteiger partial charge in [-0.2, -0.15) is 0 Å². The van der Waals surface area contributed by atoms with Crippen LogP contribution >= 0.6 is 0 Å². The van der Waals surface area contributed by atoms with E-state index >= 15 is 0 Å². The van der Waals surface area contributed by atoms with Crippen molar-refractivity contribution in [3.63, 3.8) is 0 Å². The molecule has 4 N–H and O–H groups in total. The van der Waals surface area contributed by atoms with Gasteiger partial charge in [0.2, 0.25) is 0 Å². The molecule has 1 rings (SSSR count). The molecule has 0 unspecified atom stereocenters. The van der Waals surface area contributed by atoms with E-state index in [9.17, 15) is 10.2 Å². The predicted octanol–water partition coefficient (Wildman–Crippen LogP) is 0.781. The Morgan fingerprint density at radius 2 is 2.07 bits per heavy atom. The molecule has 0 bridgehead atoms. The van der Waals surface area contributed by atoms with Gasteiger partial charge in [0, 0.05) is 0 Å². The lowest BCUT2D eigenvalue weighted by Gasteiger charge is -2.15. The van der Waals surface area contributed by atoms with Crippen LogP contribution in [0.2, 0.25) is 0 Å². The molecule has 1 aromatic rings. The van der Waals surface area contributed by atoms with Gasteiger partial charge >= 0.3 is 0 Å². The number of phenolic OH excluding ortho intramolecular Hbond substituents is 1. The zero-order chi connectivity index (χ0) is 10.7. The Balaban J connectivity index is 2.96. The SMILES string of the molecule is COc1ccc([C@H](N)[C@H](C)O)cc1O. The molecule has 0 radical (unpaired) electrons. The monoisotopic (exact) mass is 197 g/mol. The molecular formula is C10H15NO3. The van der Waals surface area contributed by atoms with Gasteiger partial charge in [-0.05, 0) is 24.6 Å². The zero-order valence-corrected chi connectivity index (χ0v) is 8.27. The fourth-order valence-corrected chi connectivity index (χ4v) is 1.19. The third kappa shape index (κ3) is 2.16. The highest BCUT2D eigenvalue weighted by Gasteiger charge is 2.13. The number of benzene rings is 1. The van der Waals surface area contributed by atoms with Crippen LogP contribution in [-0.4, -0.2) is 23.4 Å². The normalized spacial score (nSPS) is 14.9. The van der Waals surface area contributed by atoms with Gasteiger partial charge in [0.05, 0.1) is 19.3 Å². The number of aliphatic hydroxyl groups excluding tert-OH is 1. The van der Waals surface area contributed by atoms with Crippen molar-refractivity contribution in [2.45, 2.75) is 19.1 Å². The van der Waals surface area contributed by atoms with Crippen molar-refractivity contribution in [2.75, 3.05) is 7.11 Å². The molecule has 0 spiro atoms. The van der Waals surface area contributed by atoms with E-state index in [1.54, 1.807) is 19.1 Å². The fourth-order valence-electron chi connectivity index (χ4n) is 1.19. The van der Waals surface area contributed by atoms with Crippen LogP contribution in [0.15, 0.2) is 18.2 Å². The van der Waals surface area contributed by atoms with Crippen molar-refractivity contribution < 1.29 is 14.9 Å². The highest BCUT2D eigenvalue weighted by molar-refractivity contribution is 5.42. The lowest BCUT2D eigenvalue weighted by Crippen LogP contribution is -2.22. The Morgan fingerprint density at radius 1 is 1.43 bits per heavy atom. The van der Waals surface area contributed by atoms with Gasteiger partial charge in [0.25, 0.3) is 0 Å². The van der Waals surface area contributed by atoms with Crippen LogP contribution in [0.25, 0.3) is 0 Å². The Morgan fingerprint density at radius 3 is 2.50 bits per heavy atom. The van der Waals surface area contributed by atoms with Crippen LogP contribution < -0.4 is 10.5 Å². The van der Waals surface area contributed by atoms with E-state index in [2.05, 4.69) is 0 Å². The van der Waals surface area contributed by atoms with Crippen LogP contribution in [0.4, 0.5) is 0 Å². The third-order valence-corrected chi connectivity index (χ3v) is 2.11. The number of ether oxygens (including phenoxy) is 1. The maximum atomic E-state index is 9.46. The molecule has 0 aliphatic heterocycles. The molecule has 0 aliphatic carbocycles. The van der Waals surface area contributed by atoms with Gasteiger partial charge in [0.15, 0.2) is 11.5 Å². The van der Waals surface area contributed by atoms with E-state index in [4.69, 9.17) is 10.5 Å². The molecule has 0 saturated heterocycles. The molecule has 4 heteroatoms. The predicted molar refractivity (Wildman–Crippen MR) is 53.3 cm³/mol. The summed E-state index contributed by atoms with van der Waals surface area (Å²) >= 11 is 0. The van der Waals surface area contributed by atoms with Crippen molar-refractivity contribution in [3.8, 4) is 11.5 Å². The minimum atomic E-state index is -0.650. The number of nitrogens with two attached hydrogens (primary N) is 1. The first-order chi connectivity index (χ1) is 6.56. The number of phenols is 1. The molecule has 0 aliphatic rings. The highest BCUT2D eigenvalue weighted by atomic mass is 16.5. The minimum Gasteiger partial charge on any atom is -0.504 e. The summed E-state index contributed by atoms with van der Waals surface area (Å²) < 4.78 is 4.89. The molecule has 14 heavy (non-hydrogen) atoms. The van der Waals surface area contributed by atoms with Crippen molar-refractivity contribution in [1.29, 1.82) is 0 Å². The first-order valence-electron chi connectivity index (χ1n) is 4.36. The second-order valence-electron chi connectivity index (χ2n) is 3.20. The Kier molecular flexibility index (Phi) is 3.33. The maximum Gasteiger partial charge on any atom is 0.160 e. The summed E-state index contributed by atoms with van der Waals surface area (Å²) in [5.74, 6) is 0.424. The van der Waals surface area contributed by atoms with Gasteiger partial charge in [-0.25, -0.2) is 0 Å². The van der Waals surface area contributed by atoms with Crippen molar-refractivity contribution in [3.05, 3.63) is 23.8 Å². The Hall–Kier alpha value is -1.26. The summed E-state index contributed by atoms with van der Waals surface area (Å²) in [7, 11) is 1.48. The molecule has 0 heterocycles. The van der Waals surface area contributed by atoms with E-state index in [1.165, 1.54) is 13.2 Å². The highest BCUT2D eigenvalue weighted by Crippen LogP contribution is 2.28. The summed E-state index contributed by atoms with van der Waals surface area (Å²) in [4.78, 5) is 0. The Bertz CT molecular complexity index is 312. The van der Waals surface area contributed by atoms with E-state index < -0.39 is 12.1 Å². The topological polar surface area (TPSA) is 75.7 Å². The van der Waals surface area contributed by atoms with Crippen LogP contribution in [0.1, 0.15) is 18.5 Å². The van der Waals surface area contributed by atoms with Gasteiger partial charge in [-0.15, -0.1) is 0 Å². The van der Waals surface area contributed by atoms with Crippen LogP contribution in [-0.2, 0) is 0 Å². The number of aliphatic hydroxyl groups is 1. The first-order valence-corrected chi connectivity index (χ1v) is 4.36. The molecule has 2 atom stereocenters. The van der Waals surface area contributed by atoms with E-state index in [1.807, 2.05) is 0 Å². The average Bonchev–Trinajstić information content (AvgIpc) is 2.16. The summed E-state index contributed by atoms with van der Waals surface area (Å²) in [6, 6.07) is 4.34. The number of hydrogen-bond donors (Lipinski definition) is 3. The van der Waals surface area contributed by atoms with Crippen LogP contribution in [0, 0.1) is 0 Å². The number of hydrogen-bond acceptors (Lipinski definition) is 4. The van der Waals surface area contributed by atoms with Crippen molar-refractivity contribution in [1.82, 2.24) is 0 Å². The standard InChI is InChI=1S/C10H15NO3/c1-6(12)10(11)7-3-4-9(14-2)8(13)5-7/h3-6,10,12-13H,11H2,1-2H3/t6-,10+/m0/s1. The summed E-state index contributed by atoms with van der Waals surface area (Å²) in [5.41, 5.74) is 6.38. The lowest BCUT2D eigenvalue weighted by atomic mass is 10.0. The fraction of sp³-hybridized carbons (Fsp3) is 0.400. The van der Waals surface area contributed by atoms with Crippen LogP contribution in [0.5, 0.6) is 11.5 Å². The van der Waals surface area contributed by atoms with Gasteiger partial charge < -0.3 is 20.7 Å². The van der Waals surface area contributed by atoms with Gasteiger partial charge in [-0.3, -0.25) is 0 Å². The molecule has 0 fully saturated rings. The summed E-state index contributed by atoms with van der Waals surface area (Å²) in [5, 5.41) is 18.7. The molecule has 4 nitrogen and oxygen atoms in total. The smallest absolute Gasteiger partial charge is 0.160 e. The number of aromatic hydroxyl groups is 1. The molecular weight excluding hydrogens is 182 g/mol. The van der Waals surface area contributed by atoms with Gasteiger partial charge in [-0.1, -0.05) is 6.07 Å². The second-order valence-corrected chi connectivity index (χ2v) is 3.20. The minimum absolute atomic E-state index is 0.0288. The quantitative estimate of drug-likeness (QED) is 0.669. The summed E-state index contributed by atoms with van der Waals surface area (Å²) in [6.45, 7) is 1.60. The van der Waals surface area contributed by atoms with E-state index in [-0.39, 0.29) is 5.75 Å². The molecule has 0 amide bonds. The maximum absolute atomic E-state index is 9.46. The zero-order valence-electron chi connectivity index (χ0n) is 8.27. The van der Waals surface area contributed by atoms with Crippen LogP contribution in [0.3, 0.4) is 0 Å². The number of methoxy groups -OCH3 is 1. The molecule has 0 aromatic heterocycles. The largest absolute Gasteiger partial charge is 0.504 e. The third-order valence-electron chi connectivity index (χ3n) is 2.11. The summed E-state index contributed by atoms with van der Waals surface area (Å²) in [6.07, 6.45) is -0.650. The van der Waals surface area contributed by atoms with Crippen molar-refractivity contribution in [2.24, 2.45) is 5.73 Å². The molecule has 1 aromatic carbocycles. The van der Waals surface area contributed by atoms with E-state index in [0.717, 1.165) is 0 Å².